The van der Waals surface area contributed by atoms with Crippen molar-refractivity contribution < 1.29 is 22.8 Å². The Hall–Kier alpha value is -4.54. The number of halogens is 3. The molecule has 2 aliphatic rings. The lowest BCUT2D eigenvalue weighted by atomic mass is 9.90. The normalized spacial score (nSPS) is 18.6. The van der Waals surface area contributed by atoms with Gasteiger partial charge in [-0.1, -0.05) is 12.1 Å². The Bertz CT molecular complexity index is 1500. The summed E-state index contributed by atoms with van der Waals surface area (Å²) in [6.45, 7) is 6.09. The van der Waals surface area contributed by atoms with Crippen molar-refractivity contribution in [1.29, 1.82) is 0 Å². The maximum atomic E-state index is 13.1. The molecule has 2 atom stereocenters. The second kappa shape index (κ2) is 11.1. The summed E-state index contributed by atoms with van der Waals surface area (Å²) in [6, 6.07) is 15.2. The Labute approximate surface area is 235 Å². The number of alkyl halides is 3. The summed E-state index contributed by atoms with van der Waals surface area (Å²) < 4.78 is 39.4. The van der Waals surface area contributed by atoms with E-state index in [1.807, 2.05) is 19.9 Å². The maximum absolute atomic E-state index is 13.1. The highest BCUT2D eigenvalue weighted by molar-refractivity contribution is 6.05. The number of hydrogen-bond acceptors (Lipinski definition) is 6. The van der Waals surface area contributed by atoms with Crippen molar-refractivity contribution >= 4 is 34.8 Å². The molecule has 2 heterocycles. The zero-order valence-electron chi connectivity index (χ0n) is 22.7. The SMILES string of the molecule is Cc1ccc(NC(=O)c2cccc(C(F)(F)F)c2)c(C)c1N1CCC2NC(Nc3ccc(C(N)=O)cc3)=NCC2C1. The summed E-state index contributed by atoms with van der Waals surface area (Å²) >= 11 is 0. The molecule has 0 aromatic heterocycles. The zero-order chi connectivity index (χ0) is 29.3. The Balaban J connectivity index is 1.27. The quantitative estimate of drug-likeness (QED) is 0.351. The zero-order valence-corrected chi connectivity index (χ0v) is 22.7. The number of fused-ring (bicyclic) bond motifs is 1. The van der Waals surface area contributed by atoms with Gasteiger partial charge >= 0.3 is 6.18 Å². The van der Waals surface area contributed by atoms with Crippen LogP contribution in [0.15, 0.2) is 65.7 Å². The first-order valence-electron chi connectivity index (χ1n) is 13.3. The molecule has 5 N–H and O–H groups in total. The van der Waals surface area contributed by atoms with Crippen LogP contribution in [0, 0.1) is 19.8 Å². The van der Waals surface area contributed by atoms with Crippen molar-refractivity contribution in [2.24, 2.45) is 16.6 Å². The van der Waals surface area contributed by atoms with E-state index in [-0.39, 0.29) is 17.5 Å². The minimum absolute atomic E-state index is 0.0541. The first kappa shape index (κ1) is 28.0. The molecule has 0 bridgehead atoms. The van der Waals surface area contributed by atoms with Crippen LogP contribution in [-0.2, 0) is 6.18 Å². The number of carbonyl (C=O) groups is 2. The number of primary amides is 1. The number of carbonyl (C=O) groups excluding carboxylic acids is 2. The Morgan fingerprint density at radius 2 is 1.80 bits per heavy atom. The lowest BCUT2D eigenvalue weighted by Crippen LogP contribution is -2.56. The van der Waals surface area contributed by atoms with Gasteiger partial charge in [0.25, 0.3) is 5.91 Å². The topological polar surface area (TPSA) is 112 Å². The third-order valence-corrected chi connectivity index (χ3v) is 7.62. The van der Waals surface area contributed by atoms with Gasteiger partial charge in [0.05, 0.1) is 5.56 Å². The molecular weight excluding hydrogens is 533 g/mol. The van der Waals surface area contributed by atoms with Crippen molar-refractivity contribution in [3.8, 4) is 0 Å². The smallest absolute Gasteiger partial charge is 0.371 e. The monoisotopic (exact) mass is 564 g/mol. The molecule has 2 unspecified atom stereocenters. The van der Waals surface area contributed by atoms with Gasteiger partial charge in [-0.15, -0.1) is 0 Å². The van der Waals surface area contributed by atoms with Crippen LogP contribution in [0.1, 0.15) is 43.8 Å². The average Bonchev–Trinajstić information content (AvgIpc) is 2.94. The minimum Gasteiger partial charge on any atom is -0.371 e. The fraction of sp³-hybridized carbons (Fsp3) is 0.300. The molecule has 3 aromatic rings. The van der Waals surface area contributed by atoms with Crippen LogP contribution in [-0.4, -0.2) is 43.5 Å². The van der Waals surface area contributed by atoms with E-state index in [0.717, 1.165) is 54.1 Å². The number of nitrogens with one attached hydrogen (secondary N) is 3. The molecule has 8 nitrogen and oxygen atoms in total. The number of aliphatic imine (C=N–C) groups is 1. The van der Waals surface area contributed by atoms with Crippen LogP contribution >= 0.6 is 0 Å². The fourth-order valence-electron chi connectivity index (χ4n) is 5.46. The number of piperidine rings is 1. The van der Waals surface area contributed by atoms with Gasteiger partial charge in [-0.05, 0) is 79.9 Å². The molecular formula is C30H31F3N6O2. The number of aryl methyl sites for hydroxylation is 1. The van der Waals surface area contributed by atoms with Crippen molar-refractivity contribution in [3.05, 3.63) is 88.5 Å². The van der Waals surface area contributed by atoms with Gasteiger partial charge in [0.15, 0.2) is 5.96 Å². The predicted octanol–water partition coefficient (Wildman–Crippen LogP) is 4.94. The number of guanidine groups is 1. The molecule has 0 spiro atoms. The summed E-state index contributed by atoms with van der Waals surface area (Å²) in [4.78, 5) is 31.2. The van der Waals surface area contributed by atoms with Gasteiger partial charge in [-0.2, -0.15) is 13.2 Å². The molecule has 3 aromatic carbocycles. The molecule has 41 heavy (non-hydrogen) atoms. The second-order valence-electron chi connectivity index (χ2n) is 10.4. The Morgan fingerprint density at radius 3 is 2.51 bits per heavy atom. The molecule has 0 radical (unpaired) electrons. The minimum atomic E-state index is -4.53. The molecule has 0 aliphatic carbocycles. The standard InChI is InChI=1S/C30H31F3N6O2/c1-17-6-11-24(37-28(41)20-4-3-5-22(14-20)30(31,32)33)18(2)26(17)39-13-12-25-21(16-39)15-35-29(38-25)36-23-9-7-19(8-10-23)27(34)40/h3-11,14,21,25H,12-13,15-16H2,1-2H3,(H2,34,40)(H,37,41)(H2,35,36,38). The number of amides is 2. The highest BCUT2D eigenvalue weighted by atomic mass is 19.4. The van der Waals surface area contributed by atoms with Crippen LogP contribution in [0.2, 0.25) is 0 Å². The Kier molecular flexibility index (Phi) is 7.61. The van der Waals surface area contributed by atoms with Crippen molar-refractivity contribution in [3.63, 3.8) is 0 Å². The van der Waals surface area contributed by atoms with Crippen LogP contribution in [0.3, 0.4) is 0 Å². The van der Waals surface area contributed by atoms with Crippen LogP contribution in [0.4, 0.5) is 30.2 Å². The van der Waals surface area contributed by atoms with E-state index in [4.69, 9.17) is 10.7 Å². The van der Waals surface area contributed by atoms with E-state index in [1.165, 1.54) is 12.1 Å². The van der Waals surface area contributed by atoms with Gasteiger partial charge < -0.3 is 26.6 Å². The van der Waals surface area contributed by atoms with Crippen molar-refractivity contribution in [1.82, 2.24) is 5.32 Å². The third-order valence-electron chi connectivity index (χ3n) is 7.62. The fourth-order valence-corrected chi connectivity index (χ4v) is 5.46. The molecule has 5 rings (SSSR count). The van der Waals surface area contributed by atoms with Crippen LogP contribution in [0.25, 0.3) is 0 Å². The predicted molar refractivity (Wildman–Crippen MR) is 153 cm³/mol. The van der Waals surface area contributed by atoms with Gasteiger partial charge in [0.2, 0.25) is 5.91 Å². The molecule has 2 amide bonds. The highest BCUT2D eigenvalue weighted by Crippen LogP contribution is 2.35. The van der Waals surface area contributed by atoms with E-state index in [0.29, 0.717) is 23.8 Å². The largest absolute Gasteiger partial charge is 0.416 e. The number of nitrogens with zero attached hydrogens (tertiary/aromatic N) is 2. The molecule has 0 saturated carbocycles. The molecule has 2 aliphatic heterocycles. The summed E-state index contributed by atoms with van der Waals surface area (Å²) in [5, 5.41) is 9.56. The number of anilines is 3. The van der Waals surface area contributed by atoms with Gasteiger partial charge in [-0.3, -0.25) is 14.6 Å². The summed E-state index contributed by atoms with van der Waals surface area (Å²) in [6.07, 6.45) is -3.66. The number of benzene rings is 3. The third kappa shape index (κ3) is 6.13. The first-order valence-corrected chi connectivity index (χ1v) is 13.3. The summed E-state index contributed by atoms with van der Waals surface area (Å²) in [5.74, 6) is -0.136. The van der Waals surface area contributed by atoms with Crippen molar-refractivity contribution in [2.45, 2.75) is 32.5 Å². The lowest BCUT2D eigenvalue weighted by Gasteiger charge is -2.43. The van der Waals surface area contributed by atoms with Gasteiger partial charge in [0, 0.05) is 59.8 Å². The van der Waals surface area contributed by atoms with E-state index in [1.54, 1.807) is 30.3 Å². The summed E-state index contributed by atoms with van der Waals surface area (Å²) in [7, 11) is 0. The Morgan fingerprint density at radius 1 is 1.05 bits per heavy atom. The van der Waals surface area contributed by atoms with E-state index in [2.05, 4.69) is 20.9 Å². The number of rotatable bonds is 5. The van der Waals surface area contributed by atoms with Crippen LogP contribution in [0.5, 0.6) is 0 Å². The van der Waals surface area contributed by atoms with Crippen molar-refractivity contribution in [2.75, 3.05) is 35.2 Å². The van der Waals surface area contributed by atoms with E-state index < -0.39 is 23.6 Å². The lowest BCUT2D eigenvalue weighted by molar-refractivity contribution is -0.137. The first-order chi connectivity index (χ1) is 19.5. The van der Waals surface area contributed by atoms with Gasteiger partial charge in [0.1, 0.15) is 0 Å². The molecule has 1 saturated heterocycles. The number of hydrogen-bond donors (Lipinski definition) is 4. The summed E-state index contributed by atoms with van der Waals surface area (Å²) in [5.41, 5.74) is 9.10. The average molecular weight is 565 g/mol. The van der Waals surface area contributed by atoms with E-state index in [9.17, 15) is 22.8 Å². The molecule has 1 fully saturated rings. The van der Waals surface area contributed by atoms with Crippen LogP contribution < -0.4 is 26.6 Å². The molecule has 214 valence electrons. The van der Waals surface area contributed by atoms with E-state index >= 15 is 0 Å². The highest BCUT2D eigenvalue weighted by Gasteiger charge is 2.34. The maximum Gasteiger partial charge on any atom is 0.416 e. The molecule has 11 heteroatoms. The number of nitrogens with two attached hydrogens (primary N) is 1. The second-order valence-corrected chi connectivity index (χ2v) is 10.4. The van der Waals surface area contributed by atoms with Gasteiger partial charge in [-0.25, -0.2) is 0 Å².